The van der Waals surface area contributed by atoms with Crippen molar-refractivity contribution in [3.63, 3.8) is 0 Å². The van der Waals surface area contributed by atoms with Gasteiger partial charge in [0.2, 0.25) is 0 Å². The monoisotopic (exact) mass is 307 g/mol. The van der Waals surface area contributed by atoms with Gasteiger partial charge in [-0.1, -0.05) is 35.4 Å². The predicted octanol–water partition coefficient (Wildman–Crippen LogP) is 4.93. The Morgan fingerprint density at radius 3 is 2.71 bits per heavy atom. The molecule has 17 heavy (non-hydrogen) atoms. The van der Waals surface area contributed by atoms with Crippen molar-refractivity contribution >= 4 is 63.2 Å². The molecule has 0 radical (unpaired) electrons. The van der Waals surface area contributed by atoms with Gasteiger partial charge < -0.3 is 5.32 Å². The summed E-state index contributed by atoms with van der Waals surface area (Å²) in [6, 6.07) is 1.67. The lowest BCUT2D eigenvalue weighted by molar-refractivity contribution is 1.32. The van der Waals surface area contributed by atoms with Crippen LogP contribution in [0.15, 0.2) is 26.9 Å². The van der Waals surface area contributed by atoms with Gasteiger partial charge in [0, 0.05) is 12.4 Å². The van der Waals surface area contributed by atoms with Crippen LogP contribution in [-0.2, 0) is 11.4 Å². The fourth-order valence-corrected chi connectivity index (χ4v) is 2.65. The zero-order valence-electron chi connectivity index (χ0n) is 8.58. The first-order valence-electron chi connectivity index (χ1n) is 4.79. The average molecular weight is 309 g/mol. The van der Waals surface area contributed by atoms with Gasteiger partial charge in [0.05, 0.1) is 27.1 Å². The Bertz CT molecular complexity index is 536. The number of hydrogen-bond donors (Lipinski definition) is 1. The number of alkyl halides is 1. The van der Waals surface area contributed by atoms with Crippen LogP contribution in [0.3, 0.4) is 0 Å². The SMILES string of the molecule is ClC/C=C/CNc1c(Cl)cc(Cl)c2c1N=S=N2. The summed E-state index contributed by atoms with van der Waals surface area (Å²) in [5, 5.41) is 4.22. The molecule has 1 aromatic carbocycles. The van der Waals surface area contributed by atoms with Gasteiger partial charge in [0.25, 0.3) is 0 Å². The van der Waals surface area contributed by atoms with Crippen molar-refractivity contribution < 1.29 is 0 Å². The maximum absolute atomic E-state index is 6.12. The van der Waals surface area contributed by atoms with E-state index in [1.54, 1.807) is 6.07 Å². The predicted molar refractivity (Wildman–Crippen MR) is 76.4 cm³/mol. The molecule has 3 nitrogen and oxygen atoms in total. The zero-order valence-corrected chi connectivity index (χ0v) is 11.7. The average Bonchev–Trinajstić information content (AvgIpc) is 2.77. The van der Waals surface area contributed by atoms with Crippen LogP contribution in [0.4, 0.5) is 17.1 Å². The van der Waals surface area contributed by atoms with Gasteiger partial charge in [-0.25, -0.2) is 0 Å². The Hall–Kier alpha value is -0.550. The zero-order chi connectivity index (χ0) is 12.3. The van der Waals surface area contributed by atoms with Crippen molar-refractivity contribution in [1.29, 1.82) is 0 Å². The Morgan fingerprint density at radius 2 is 1.94 bits per heavy atom. The van der Waals surface area contributed by atoms with Gasteiger partial charge in [-0.15, -0.1) is 11.6 Å². The number of benzene rings is 1. The van der Waals surface area contributed by atoms with Crippen molar-refractivity contribution in [2.45, 2.75) is 0 Å². The number of allylic oxidation sites excluding steroid dienone is 1. The minimum absolute atomic E-state index is 0.490. The molecule has 0 aliphatic carbocycles. The number of nitrogens with one attached hydrogen (secondary N) is 1. The van der Waals surface area contributed by atoms with Gasteiger partial charge in [0.1, 0.15) is 11.4 Å². The summed E-state index contributed by atoms with van der Waals surface area (Å²) >= 11 is 18.8. The van der Waals surface area contributed by atoms with Crippen molar-refractivity contribution in [2.75, 3.05) is 17.7 Å². The van der Waals surface area contributed by atoms with Gasteiger partial charge >= 0.3 is 0 Å². The van der Waals surface area contributed by atoms with E-state index in [0.717, 1.165) is 17.0 Å². The third kappa shape index (κ3) is 2.83. The summed E-state index contributed by atoms with van der Waals surface area (Å²) < 4.78 is 8.31. The number of hydrogen-bond acceptors (Lipinski definition) is 3. The fraction of sp³-hybridized carbons (Fsp3) is 0.200. The molecule has 0 aromatic heterocycles. The lowest BCUT2D eigenvalue weighted by Crippen LogP contribution is -1.99. The third-order valence-corrected chi connectivity index (χ3v) is 3.39. The van der Waals surface area contributed by atoms with Crippen LogP contribution in [0.5, 0.6) is 0 Å². The van der Waals surface area contributed by atoms with Crippen molar-refractivity contribution in [3.05, 3.63) is 28.3 Å². The highest BCUT2D eigenvalue weighted by molar-refractivity contribution is 7.58. The lowest BCUT2D eigenvalue weighted by atomic mass is 10.2. The number of fused-ring (bicyclic) bond motifs is 1. The summed E-state index contributed by atoms with van der Waals surface area (Å²) in [6.07, 6.45) is 3.78. The summed E-state index contributed by atoms with van der Waals surface area (Å²) in [5.41, 5.74) is 2.12. The lowest BCUT2D eigenvalue weighted by Gasteiger charge is -2.10. The highest BCUT2D eigenvalue weighted by atomic mass is 35.5. The Kier molecular flexibility index (Phi) is 4.45. The number of anilines is 1. The molecule has 2 rings (SSSR count). The van der Waals surface area contributed by atoms with Crippen molar-refractivity contribution in [3.8, 4) is 0 Å². The molecule has 1 heterocycles. The smallest absolute Gasteiger partial charge is 0.130 e. The van der Waals surface area contributed by atoms with E-state index in [9.17, 15) is 0 Å². The number of rotatable bonds is 4. The molecule has 7 heteroatoms. The van der Waals surface area contributed by atoms with E-state index in [4.69, 9.17) is 34.8 Å². The maximum Gasteiger partial charge on any atom is 0.130 e. The van der Waals surface area contributed by atoms with E-state index in [1.807, 2.05) is 12.2 Å². The second-order valence-electron chi connectivity index (χ2n) is 3.18. The molecule has 0 spiro atoms. The number of halogens is 3. The Morgan fingerprint density at radius 1 is 1.18 bits per heavy atom. The van der Waals surface area contributed by atoms with E-state index in [1.165, 1.54) is 0 Å². The first kappa shape index (κ1) is 12.9. The molecule has 0 saturated carbocycles. The topological polar surface area (TPSA) is 36.8 Å². The molecule has 1 aliphatic heterocycles. The second kappa shape index (κ2) is 5.87. The van der Waals surface area contributed by atoms with Crippen molar-refractivity contribution in [2.24, 2.45) is 8.73 Å². The van der Waals surface area contributed by atoms with Gasteiger partial charge in [-0.3, -0.25) is 0 Å². The summed E-state index contributed by atoms with van der Waals surface area (Å²) in [5.74, 6) is 0.490. The second-order valence-corrected chi connectivity index (χ2v) is 4.83. The molecule has 0 unspecified atom stereocenters. The van der Waals surface area contributed by atoms with Crippen molar-refractivity contribution in [1.82, 2.24) is 0 Å². The minimum atomic E-state index is 0.490. The summed E-state index contributed by atoms with van der Waals surface area (Å²) in [6.45, 7) is 0.626. The molecular formula is C10H8Cl3N3S. The maximum atomic E-state index is 6.12. The molecule has 0 bridgehead atoms. The third-order valence-electron chi connectivity index (χ3n) is 2.10. The molecule has 1 N–H and O–H groups in total. The van der Waals surface area contributed by atoms with Crippen LogP contribution in [0.25, 0.3) is 0 Å². The van der Waals surface area contributed by atoms with E-state index >= 15 is 0 Å². The normalized spacial score (nSPS) is 12.9. The molecule has 0 atom stereocenters. The standard InChI is InChI=1S/C10H8Cl3N3S/c11-3-1-2-4-14-8-6(12)5-7(13)9-10(8)16-17-15-9/h1-2,5,14H,3-4H2/b2-1+. The fourth-order valence-electron chi connectivity index (χ4n) is 1.35. The molecule has 0 fully saturated rings. The highest BCUT2D eigenvalue weighted by Gasteiger charge is 2.17. The van der Waals surface area contributed by atoms with Gasteiger partial charge in [-0.05, 0) is 6.07 Å². The molecule has 90 valence electrons. The molecule has 1 aliphatic rings. The van der Waals surface area contributed by atoms with Crippen LogP contribution < -0.4 is 5.32 Å². The minimum Gasteiger partial charge on any atom is -0.379 e. The van der Waals surface area contributed by atoms with Gasteiger partial charge in [0.15, 0.2) is 0 Å². The van der Waals surface area contributed by atoms with Crippen LogP contribution >= 0.6 is 34.8 Å². The first-order chi connectivity index (χ1) is 8.24. The largest absolute Gasteiger partial charge is 0.379 e. The first-order valence-corrected chi connectivity index (χ1v) is 6.81. The Labute approximate surface area is 118 Å². The molecular weight excluding hydrogens is 301 g/mol. The van der Waals surface area contributed by atoms with E-state index in [0.29, 0.717) is 33.8 Å². The van der Waals surface area contributed by atoms with Crippen LogP contribution in [0.1, 0.15) is 0 Å². The highest BCUT2D eigenvalue weighted by Crippen LogP contribution is 2.47. The van der Waals surface area contributed by atoms with Crippen LogP contribution in [0.2, 0.25) is 10.0 Å². The van der Waals surface area contributed by atoms with E-state index < -0.39 is 0 Å². The van der Waals surface area contributed by atoms with Crippen LogP contribution in [0, 0.1) is 0 Å². The van der Waals surface area contributed by atoms with E-state index in [-0.39, 0.29) is 0 Å². The Balaban J connectivity index is 2.26. The molecule has 0 amide bonds. The summed E-state index contributed by atoms with van der Waals surface area (Å²) in [7, 11) is 0. The molecule has 1 aromatic rings. The van der Waals surface area contributed by atoms with E-state index in [2.05, 4.69) is 14.0 Å². The van der Waals surface area contributed by atoms with Gasteiger partial charge in [-0.2, -0.15) is 8.73 Å². The van der Waals surface area contributed by atoms with Crippen LogP contribution in [-0.4, -0.2) is 12.4 Å². The summed E-state index contributed by atoms with van der Waals surface area (Å²) in [4.78, 5) is 0. The quantitative estimate of drug-likeness (QED) is 0.631. The number of nitrogens with zero attached hydrogens (tertiary/aromatic N) is 2. The molecule has 0 saturated heterocycles.